The summed E-state index contributed by atoms with van der Waals surface area (Å²) in [5.41, 5.74) is 1.45. The smallest absolute Gasteiger partial charge is 0.252 e. The van der Waals surface area contributed by atoms with Crippen molar-refractivity contribution in [1.82, 2.24) is 0 Å². The van der Waals surface area contributed by atoms with Crippen LogP contribution in [0.15, 0.2) is 170 Å². The fourth-order valence-corrected chi connectivity index (χ4v) is 13.1. The summed E-state index contributed by atoms with van der Waals surface area (Å²) in [5, 5.41) is 5.20. The highest BCUT2D eigenvalue weighted by atomic mass is 28.4. The highest BCUT2D eigenvalue weighted by molar-refractivity contribution is 6.97. The maximum atomic E-state index is 11.0. The van der Waals surface area contributed by atoms with Gasteiger partial charge in [-0.05, 0) is 123 Å². The summed E-state index contributed by atoms with van der Waals surface area (Å²) >= 11 is 0. The zero-order valence-electron chi connectivity index (χ0n) is 36.7. The number of ether oxygens (including phenoxy) is 3. The second-order valence-electron chi connectivity index (χ2n) is 17.1. The number of benzene rings is 6. The van der Waals surface area contributed by atoms with E-state index < -0.39 is 22.2 Å². The number of hydrogen-bond acceptors (Lipinski definition) is 6. The fourth-order valence-electron chi connectivity index (χ4n) is 7.39. The number of aryl methyl sites for hydroxylation is 2. The van der Waals surface area contributed by atoms with Crippen molar-refractivity contribution >= 4 is 43.7 Å². The molecule has 318 valence electrons. The maximum absolute atomic E-state index is 11.0. The van der Waals surface area contributed by atoms with Crippen molar-refractivity contribution in [3.05, 3.63) is 181 Å². The number of hydrogen-bond donors (Lipinski definition) is 0. The first-order chi connectivity index (χ1) is 29.4. The van der Waals surface area contributed by atoms with E-state index in [2.05, 4.69) is 173 Å². The lowest BCUT2D eigenvalue weighted by Gasteiger charge is -2.28. The molecule has 1 heterocycles. The lowest BCUT2D eigenvalue weighted by Crippen LogP contribution is -2.58. The lowest BCUT2D eigenvalue weighted by atomic mass is 10.1. The van der Waals surface area contributed by atoms with Crippen molar-refractivity contribution in [2.45, 2.75) is 83.8 Å². The predicted molar refractivity (Wildman–Crippen MR) is 254 cm³/mol. The maximum Gasteiger partial charge on any atom is 0.252 e. The van der Waals surface area contributed by atoms with E-state index in [-0.39, 0.29) is 11.7 Å². The van der Waals surface area contributed by atoms with Crippen LogP contribution in [-0.2, 0) is 31.2 Å². The van der Waals surface area contributed by atoms with Crippen LogP contribution in [0.1, 0.15) is 51.7 Å². The molecule has 0 aliphatic carbocycles. The van der Waals surface area contributed by atoms with Gasteiger partial charge in [0.2, 0.25) is 0 Å². The molecule has 0 spiro atoms. The molecule has 6 aromatic rings. The zero-order valence-corrected chi connectivity index (χ0v) is 38.7. The topological polar surface area (TPSA) is 66.5 Å². The van der Waals surface area contributed by atoms with E-state index in [4.69, 9.17) is 23.1 Å². The summed E-state index contributed by atoms with van der Waals surface area (Å²) in [5.74, 6) is 1.61. The molecule has 1 aliphatic rings. The van der Waals surface area contributed by atoms with Gasteiger partial charge in [0.15, 0.2) is 11.9 Å². The van der Waals surface area contributed by atoms with Crippen LogP contribution in [0.4, 0.5) is 0 Å². The molecule has 0 aromatic heterocycles. The lowest BCUT2D eigenvalue weighted by molar-refractivity contribution is -0.119. The van der Waals surface area contributed by atoms with Crippen molar-refractivity contribution in [3.63, 3.8) is 0 Å². The highest BCUT2D eigenvalue weighted by Gasteiger charge is 2.41. The summed E-state index contributed by atoms with van der Waals surface area (Å²) in [4.78, 5) is 11.0. The normalized spacial score (nSPS) is 14.0. The van der Waals surface area contributed by atoms with E-state index in [1.807, 2.05) is 24.3 Å². The molecular weight excluding hydrogens is 789 g/mol. The number of aldehydes is 1. The largest absolute Gasteiger partial charge is 0.485 e. The Balaban J connectivity index is 0.000000204. The molecule has 1 unspecified atom stereocenters. The summed E-state index contributed by atoms with van der Waals surface area (Å²) in [6.07, 6.45) is 4.89. The summed E-state index contributed by atoms with van der Waals surface area (Å²) < 4.78 is 30.4. The Morgan fingerprint density at radius 3 is 1.16 bits per heavy atom. The molecule has 8 heteroatoms. The first kappa shape index (κ1) is 45.4. The van der Waals surface area contributed by atoms with Crippen molar-refractivity contribution < 1.29 is 27.9 Å². The van der Waals surface area contributed by atoms with Gasteiger partial charge < -0.3 is 23.1 Å². The standard InChI is InChI=1S/C27H32O3Si.C26H30O3Si/c1-27(2,26-21-28-26)30-23-18-16-22(17-19-23)11-10-20-29-31(3,24-12-6-4-7-13-24)25-14-8-5-9-15-25;1-26(2,21-27)29-23-18-16-22(17-19-23)11-10-20-28-30(3,24-12-6-4-7-13-24)25-14-8-5-9-15-25/h4-9,12-19,26H,10-11,20-21H2,1-3H3;4-9,12-19,21H,10-11,20H2,1-3H3. The second kappa shape index (κ2) is 21.1. The quantitative estimate of drug-likeness (QED) is 0.0331. The van der Waals surface area contributed by atoms with Crippen molar-refractivity contribution in [2.75, 3.05) is 19.8 Å². The van der Waals surface area contributed by atoms with E-state index in [1.165, 1.54) is 31.9 Å². The van der Waals surface area contributed by atoms with E-state index in [0.29, 0.717) is 12.4 Å². The molecule has 0 N–H and O–H groups in total. The van der Waals surface area contributed by atoms with E-state index in [9.17, 15) is 4.79 Å². The van der Waals surface area contributed by atoms with Crippen LogP contribution in [0.5, 0.6) is 11.5 Å². The van der Waals surface area contributed by atoms with Gasteiger partial charge in [-0.2, -0.15) is 0 Å². The van der Waals surface area contributed by atoms with E-state index in [0.717, 1.165) is 50.9 Å². The van der Waals surface area contributed by atoms with E-state index >= 15 is 0 Å². The van der Waals surface area contributed by atoms with Gasteiger partial charge in [0.05, 0.1) is 6.61 Å². The Morgan fingerprint density at radius 1 is 0.525 bits per heavy atom. The third kappa shape index (κ3) is 13.0. The molecule has 6 aromatic carbocycles. The van der Waals surface area contributed by atoms with Gasteiger partial charge >= 0.3 is 0 Å². The highest BCUT2D eigenvalue weighted by Crippen LogP contribution is 2.30. The average molecular weight is 851 g/mol. The number of carbonyl (C=O) groups is 1. The van der Waals surface area contributed by atoms with Gasteiger partial charge in [0, 0.05) is 13.2 Å². The van der Waals surface area contributed by atoms with Gasteiger partial charge in [-0.25, -0.2) is 0 Å². The third-order valence-corrected chi connectivity index (χ3v) is 18.6. The zero-order chi connectivity index (χ0) is 43.2. The van der Waals surface area contributed by atoms with Crippen molar-refractivity contribution in [3.8, 4) is 11.5 Å². The molecule has 1 aliphatic heterocycles. The Labute approximate surface area is 366 Å². The molecule has 1 saturated heterocycles. The van der Waals surface area contributed by atoms with Crippen LogP contribution >= 0.6 is 0 Å². The van der Waals surface area contributed by atoms with E-state index in [1.54, 1.807) is 13.8 Å². The van der Waals surface area contributed by atoms with Crippen LogP contribution in [0.25, 0.3) is 0 Å². The molecular formula is C53H62O6Si2. The Morgan fingerprint density at radius 2 is 0.852 bits per heavy atom. The fraction of sp³-hybridized carbons (Fsp3) is 0.302. The molecule has 61 heavy (non-hydrogen) atoms. The first-order valence-electron chi connectivity index (χ1n) is 21.5. The minimum absolute atomic E-state index is 0.206. The van der Waals surface area contributed by atoms with Crippen molar-refractivity contribution in [2.24, 2.45) is 0 Å². The predicted octanol–water partition coefficient (Wildman–Crippen LogP) is 8.96. The van der Waals surface area contributed by atoms with Gasteiger partial charge in [-0.3, -0.25) is 4.79 Å². The third-order valence-electron chi connectivity index (χ3n) is 11.3. The minimum atomic E-state index is -2.23. The molecule has 1 fully saturated rings. The van der Waals surface area contributed by atoms with Crippen molar-refractivity contribution in [1.29, 1.82) is 0 Å². The van der Waals surface area contributed by atoms with Gasteiger partial charge in [-0.1, -0.05) is 146 Å². The van der Waals surface area contributed by atoms with Crippen LogP contribution in [0.2, 0.25) is 13.1 Å². The van der Waals surface area contributed by atoms with Crippen LogP contribution in [0.3, 0.4) is 0 Å². The molecule has 0 amide bonds. The number of carbonyl (C=O) groups excluding carboxylic acids is 1. The summed E-state index contributed by atoms with van der Waals surface area (Å²) in [7, 11) is -4.45. The SMILES string of the molecule is CC(C)(C=O)Oc1ccc(CCCO[Si](C)(c2ccccc2)c2ccccc2)cc1.CC(C)(Oc1ccc(CCCO[Si](C)(c2ccccc2)c2ccccc2)cc1)C1CO1. The summed E-state index contributed by atoms with van der Waals surface area (Å²) in [6, 6.07) is 58.9. The van der Waals surface area contributed by atoms with Gasteiger partial charge in [0.1, 0.15) is 23.2 Å². The Bertz CT molecular complexity index is 2110. The number of epoxide rings is 1. The molecule has 1 atom stereocenters. The Kier molecular flexibility index (Phi) is 15.7. The molecule has 7 rings (SSSR count). The van der Waals surface area contributed by atoms with Gasteiger partial charge in [-0.15, -0.1) is 0 Å². The molecule has 6 nitrogen and oxygen atoms in total. The first-order valence-corrected chi connectivity index (χ1v) is 26.4. The monoisotopic (exact) mass is 850 g/mol. The number of rotatable bonds is 20. The Hall–Kier alpha value is -5.10. The van der Waals surface area contributed by atoms with Crippen LogP contribution < -0.4 is 30.2 Å². The van der Waals surface area contributed by atoms with Crippen LogP contribution in [0, 0.1) is 0 Å². The van der Waals surface area contributed by atoms with Crippen LogP contribution in [-0.4, -0.2) is 60.0 Å². The summed E-state index contributed by atoms with van der Waals surface area (Å²) in [6.45, 7) is 14.5. The second-order valence-corrected chi connectivity index (χ2v) is 24.1. The minimum Gasteiger partial charge on any atom is -0.485 e. The molecule has 0 saturated carbocycles. The molecule has 0 bridgehead atoms. The average Bonchev–Trinajstić information content (AvgIpc) is 4.16. The molecule has 0 radical (unpaired) electrons. The van der Waals surface area contributed by atoms with Gasteiger partial charge in [0.25, 0.3) is 16.6 Å².